The van der Waals surface area contributed by atoms with Crippen LogP contribution in [0.2, 0.25) is 0 Å². The van der Waals surface area contributed by atoms with E-state index in [0.29, 0.717) is 6.61 Å². The normalized spacial score (nSPS) is 16.9. The molecule has 0 fully saturated rings. The molecule has 1 N–H and O–H groups in total. The van der Waals surface area contributed by atoms with E-state index < -0.39 is 0 Å². The van der Waals surface area contributed by atoms with Crippen LogP contribution in [0.5, 0.6) is 0 Å². The predicted octanol–water partition coefficient (Wildman–Crippen LogP) is 0.499. The largest absolute Gasteiger partial charge is 0.382 e. The molecule has 1 unspecified atom stereocenters. The minimum Gasteiger partial charge on any atom is -0.382 e. The van der Waals surface area contributed by atoms with Gasteiger partial charge in [-0.3, -0.25) is 0 Å². The Kier molecular flexibility index (Phi) is 4.15. The van der Waals surface area contributed by atoms with Gasteiger partial charge in [-0.25, -0.2) is 4.98 Å². The number of aryl methyl sites for hydroxylation is 1. The Balaban J connectivity index is 2.16. The molecule has 0 spiro atoms. The van der Waals surface area contributed by atoms with Crippen LogP contribution in [0.4, 0.5) is 0 Å². The van der Waals surface area contributed by atoms with Crippen LogP contribution < -0.4 is 5.32 Å². The summed E-state index contributed by atoms with van der Waals surface area (Å²) in [6.07, 6.45) is 1.13. The number of imidazole rings is 1. The molecule has 1 aromatic rings. The van der Waals surface area contributed by atoms with E-state index in [1.807, 2.05) is 0 Å². The Bertz CT molecular complexity index is 376. The van der Waals surface area contributed by atoms with E-state index >= 15 is 0 Å². The third-order valence-electron chi connectivity index (χ3n) is 3.25. The van der Waals surface area contributed by atoms with Crippen molar-refractivity contribution in [1.82, 2.24) is 14.9 Å². The molecule has 5 heteroatoms. The van der Waals surface area contributed by atoms with Gasteiger partial charge in [0, 0.05) is 39.4 Å². The fraction of sp³-hybridized carbons (Fsp3) is 0.750. The lowest BCUT2D eigenvalue weighted by Gasteiger charge is -2.20. The zero-order valence-corrected chi connectivity index (χ0v) is 10.8. The van der Waals surface area contributed by atoms with E-state index in [-0.39, 0.29) is 6.10 Å². The molecule has 1 aliphatic heterocycles. The van der Waals surface area contributed by atoms with Crippen molar-refractivity contribution >= 4 is 0 Å². The average molecular weight is 239 g/mol. The number of nitrogens with one attached hydrogen (secondary N) is 1. The number of ether oxygens (including phenoxy) is 2. The van der Waals surface area contributed by atoms with Crippen molar-refractivity contribution in [2.45, 2.75) is 32.5 Å². The molecule has 2 heterocycles. The summed E-state index contributed by atoms with van der Waals surface area (Å²) in [6.45, 7) is 5.39. The molecule has 0 saturated carbocycles. The van der Waals surface area contributed by atoms with E-state index in [4.69, 9.17) is 9.47 Å². The van der Waals surface area contributed by atoms with Crippen LogP contribution >= 0.6 is 0 Å². The summed E-state index contributed by atoms with van der Waals surface area (Å²) in [7, 11) is 3.43. The van der Waals surface area contributed by atoms with E-state index in [2.05, 4.69) is 21.8 Å². The summed E-state index contributed by atoms with van der Waals surface area (Å²) in [5, 5.41) is 3.34. The van der Waals surface area contributed by atoms with Gasteiger partial charge in [-0.2, -0.15) is 0 Å². The van der Waals surface area contributed by atoms with Crippen LogP contribution in [0, 0.1) is 6.92 Å². The number of methoxy groups -OCH3 is 2. The Morgan fingerprint density at radius 1 is 1.47 bits per heavy atom. The highest BCUT2D eigenvalue weighted by Crippen LogP contribution is 2.16. The van der Waals surface area contributed by atoms with Crippen LogP contribution in [0.1, 0.15) is 17.2 Å². The first-order valence-electron chi connectivity index (χ1n) is 6.03. The van der Waals surface area contributed by atoms with Gasteiger partial charge < -0.3 is 19.4 Å². The Labute approximate surface area is 102 Å². The number of aromatic nitrogens is 2. The van der Waals surface area contributed by atoms with Crippen molar-refractivity contribution in [3.8, 4) is 0 Å². The minimum absolute atomic E-state index is 0.0897. The molecule has 96 valence electrons. The van der Waals surface area contributed by atoms with Crippen LogP contribution in [0.25, 0.3) is 0 Å². The number of rotatable bonds is 5. The highest BCUT2D eigenvalue weighted by Gasteiger charge is 2.19. The van der Waals surface area contributed by atoms with Crippen molar-refractivity contribution in [2.24, 2.45) is 0 Å². The maximum Gasteiger partial charge on any atom is 0.106 e. The summed E-state index contributed by atoms with van der Waals surface area (Å²) >= 11 is 0. The van der Waals surface area contributed by atoms with Crippen LogP contribution in [0.3, 0.4) is 0 Å². The lowest BCUT2D eigenvalue weighted by Crippen LogP contribution is -2.28. The SMILES string of the molecule is COCC(Cn1c(C)nc2c1CCNC2)OC. The molecule has 0 radical (unpaired) electrons. The molecule has 0 aromatic carbocycles. The van der Waals surface area contributed by atoms with Gasteiger partial charge in [0.15, 0.2) is 0 Å². The van der Waals surface area contributed by atoms with Crippen LogP contribution in [-0.4, -0.2) is 43.0 Å². The monoisotopic (exact) mass is 239 g/mol. The van der Waals surface area contributed by atoms with Gasteiger partial charge in [0.1, 0.15) is 5.82 Å². The molecule has 17 heavy (non-hydrogen) atoms. The van der Waals surface area contributed by atoms with Gasteiger partial charge in [-0.1, -0.05) is 0 Å². The summed E-state index contributed by atoms with van der Waals surface area (Å²) in [4.78, 5) is 4.60. The number of hydrogen-bond donors (Lipinski definition) is 1. The van der Waals surface area contributed by atoms with E-state index in [1.54, 1.807) is 14.2 Å². The van der Waals surface area contributed by atoms with Crippen molar-refractivity contribution < 1.29 is 9.47 Å². The average Bonchev–Trinajstić information content (AvgIpc) is 2.65. The Morgan fingerprint density at radius 2 is 2.29 bits per heavy atom. The molecule has 1 aromatic heterocycles. The highest BCUT2D eigenvalue weighted by atomic mass is 16.5. The summed E-state index contributed by atoms with van der Waals surface area (Å²) < 4.78 is 12.8. The smallest absolute Gasteiger partial charge is 0.106 e. The molecular weight excluding hydrogens is 218 g/mol. The number of fused-ring (bicyclic) bond motifs is 1. The fourth-order valence-electron chi connectivity index (χ4n) is 2.33. The quantitative estimate of drug-likeness (QED) is 0.813. The molecule has 5 nitrogen and oxygen atoms in total. The zero-order valence-electron chi connectivity index (χ0n) is 10.8. The van der Waals surface area contributed by atoms with E-state index in [1.165, 1.54) is 11.4 Å². The van der Waals surface area contributed by atoms with Gasteiger partial charge in [-0.05, 0) is 6.92 Å². The summed E-state index contributed by atoms with van der Waals surface area (Å²) in [5.41, 5.74) is 2.53. The second-order valence-corrected chi connectivity index (χ2v) is 4.40. The predicted molar refractivity (Wildman–Crippen MR) is 65.0 cm³/mol. The second kappa shape index (κ2) is 5.62. The van der Waals surface area contributed by atoms with Gasteiger partial charge in [-0.15, -0.1) is 0 Å². The maximum atomic E-state index is 5.42. The molecule has 0 amide bonds. The topological polar surface area (TPSA) is 48.3 Å². The van der Waals surface area contributed by atoms with Crippen molar-refractivity contribution in [3.63, 3.8) is 0 Å². The third kappa shape index (κ3) is 2.68. The van der Waals surface area contributed by atoms with Crippen molar-refractivity contribution in [3.05, 3.63) is 17.2 Å². The molecule has 0 aliphatic carbocycles. The van der Waals surface area contributed by atoms with E-state index in [9.17, 15) is 0 Å². The second-order valence-electron chi connectivity index (χ2n) is 4.40. The van der Waals surface area contributed by atoms with Crippen molar-refractivity contribution in [1.29, 1.82) is 0 Å². The first kappa shape index (κ1) is 12.5. The molecule has 0 bridgehead atoms. The summed E-state index contributed by atoms with van der Waals surface area (Å²) in [5.74, 6) is 1.07. The lowest BCUT2D eigenvalue weighted by molar-refractivity contribution is 0.0176. The first-order valence-corrected chi connectivity index (χ1v) is 6.03. The van der Waals surface area contributed by atoms with Gasteiger partial charge in [0.2, 0.25) is 0 Å². The van der Waals surface area contributed by atoms with Gasteiger partial charge in [0.25, 0.3) is 0 Å². The standard InChI is InChI=1S/C12H21N3O2/c1-9-14-11-6-13-5-4-12(11)15(9)7-10(17-3)8-16-2/h10,13H,4-8H2,1-3H3. The minimum atomic E-state index is 0.0897. The van der Waals surface area contributed by atoms with Gasteiger partial charge >= 0.3 is 0 Å². The molecule has 2 rings (SSSR count). The zero-order chi connectivity index (χ0) is 12.3. The van der Waals surface area contributed by atoms with Crippen LogP contribution in [0.15, 0.2) is 0 Å². The number of hydrogen-bond acceptors (Lipinski definition) is 4. The summed E-state index contributed by atoms with van der Waals surface area (Å²) in [6, 6.07) is 0. The molecule has 1 aliphatic rings. The van der Waals surface area contributed by atoms with Gasteiger partial charge in [0.05, 0.1) is 24.9 Å². The molecular formula is C12H21N3O2. The van der Waals surface area contributed by atoms with Crippen molar-refractivity contribution in [2.75, 3.05) is 27.4 Å². The molecule has 0 saturated heterocycles. The third-order valence-corrected chi connectivity index (χ3v) is 3.25. The Hall–Kier alpha value is -0.910. The van der Waals surface area contributed by atoms with Crippen LogP contribution in [-0.2, 0) is 29.0 Å². The van der Waals surface area contributed by atoms with E-state index in [0.717, 1.165) is 31.9 Å². The lowest BCUT2D eigenvalue weighted by atomic mass is 10.2. The molecule has 1 atom stereocenters. The Morgan fingerprint density at radius 3 is 3.00 bits per heavy atom. The maximum absolute atomic E-state index is 5.42. The fourth-order valence-corrected chi connectivity index (χ4v) is 2.33. The first-order chi connectivity index (χ1) is 8.26. The number of nitrogens with zero attached hydrogens (tertiary/aromatic N) is 2. The highest BCUT2D eigenvalue weighted by molar-refractivity contribution is 5.19.